The molecule has 3 unspecified atom stereocenters. The quantitative estimate of drug-likeness (QED) is 0.513. The number of alkyl halides is 1. The lowest BCUT2D eigenvalue weighted by Crippen LogP contribution is -2.54. The van der Waals surface area contributed by atoms with Crippen molar-refractivity contribution >= 4 is 0 Å². The smallest absolute Gasteiger partial charge is 0.152 e. The fourth-order valence-electron chi connectivity index (χ4n) is 1.15. The topological polar surface area (TPSA) is 47.3 Å². The first-order valence-corrected chi connectivity index (χ1v) is 3.42. The minimum Gasteiger partial charge on any atom is -0.378 e. The Hall–Kier alpha value is -0.190. The molecule has 1 saturated heterocycles. The van der Waals surface area contributed by atoms with E-state index in [0.29, 0.717) is 12.8 Å². The van der Waals surface area contributed by atoms with Crippen LogP contribution in [-0.4, -0.2) is 25.7 Å². The lowest BCUT2D eigenvalue weighted by Gasteiger charge is -2.30. The molecule has 0 amide bonds. The Morgan fingerprint density at radius 3 is 2.80 bits per heavy atom. The number of nitrogens with two attached hydrogens (primary N) is 1. The van der Waals surface area contributed by atoms with Gasteiger partial charge in [-0.25, -0.2) is 4.39 Å². The van der Waals surface area contributed by atoms with Gasteiger partial charge in [0.1, 0.15) is 0 Å². The minimum atomic E-state index is -0.957. The zero-order valence-corrected chi connectivity index (χ0v) is 6.01. The van der Waals surface area contributed by atoms with E-state index in [1.807, 2.05) is 0 Å². The summed E-state index contributed by atoms with van der Waals surface area (Å²) in [4.78, 5) is 0. The average Bonchev–Trinajstić information content (AvgIpc) is 1.88. The molecule has 3 N–H and O–H groups in total. The number of hydrogen-bond acceptors (Lipinski definition) is 3. The molecule has 1 aliphatic rings. The van der Waals surface area contributed by atoms with Crippen LogP contribution in [0.1, 0.15) is 12.8 Å². The molecule has 0 spiro atoms. The Balaban J connectivity index is 2.36. The van der Waals surface area contributed by atoms with Crippen molar-refractivity contribution in [3.05, 3.63) is 0 Å². The van der Waals surface area contributed by atoms with E-state index >= 15 is 0 Å². The van der Waals surface area contributed by atoms with Gasteiger partial charge in [0.25, 0.3) is 0 Å². The molecule has 0 bridgehead atoms. The molecule has 1 aliphatic heterocycles. The van der Waals surface area contributed by atoms with E-state index in [9.17, 15) is 4.39 Å². The SMILES string of the molecule is COC1CCC(F)NC1N. The Morgan fingerprint density at radius 2 is 2.30 bits per heavy atom. The van der Waals surface area contributed by atoms with E-state index < -0.39 is 6.30 Å². The highest BCUT2D eigenvalue weighted by Crippen LogP contribution is 2.13. The van der Waals surface area contributed by atoms with Gasteiger partial charge in [0, 0.05) is 7.11 Å². The Morgan fingerprint density at radius 1 is 1.60 bits per heavy atom. The molecule has 1 fully saturated rings. The monoisotopic (exact) mass is 148 g/mol. The zero-order chi connectivity index (χ0) is 7.56. The summed E-state index contributed by atoms with van der Waals surface area (Å²) in [6.45, 7) is 0. The first-order valence-electron chi connectivity index (χ1n) is 3.42. The van der Waals surface area contributed by atoms with Gasteiger partial charge in [-0.05, 0) is 12.8 Å². The fourth-order valence-corrected chi connectivity index (χ4v) is 1.15. The van der Waals surface area contributed by atoms with Gasteiger partial charge in [-0.1, -0.05) is 0 Å². The summed E-state index contributed by atoms with van der Waals surface area (Å²) in [5, 5.41) is 2.57. The van der Waals surface area contributed by atoms with Crippen molar-refractivity contribution in [2.45, 2.75) is 31.4 Å². The van der Waals surface area contributed by atoms with Crippen LogP contribution in [0.15, 0.2) is 0 Å². The van der Waals surface area contributed by atoms with Gasteiger partial charge >= 0.3 is 0 Å². The van der Waals surface area contributed by atoms with Gasteiger partial charge in [0.05, 0.1) is 12.3 Å². The van der Waals surface area contributed by atoms with Crippen molar-refractivity contribution in [2.75, 3.05) is 7.11 Å². The number of piperidine rings is 1. The molecule has 0 aromatic carbocycles. The van der Waals surface area contributed by atoms with E-state index in [2.05, 4.69) is 5.32 Å². The summed E-state index contributed by atoms with van der Waals surface area (Å²) in [6.07, 6.45) is -0.153. The van der Waals surface area contributed by atoms with E-state index in [1.54, 1.807) is 7.11 Å². The Kier molecular flexibility index (Phi) is 2.59. The molecule has 0 radical (unpaired) electrons. The third-order valence-corrected chi connectivity index (χ3v) is 1.78. The van der Waals surface area contributed by atoms with Crippen LogP contribution in [0.5, 0.6) is 0 Å². The van der Waals surface area contributed by atoms with Gasteiger partial charge in [-0.3, -0.25) is 5.32 Å². The molecule has 1 rings (SSSR count). The summed E-state index contributed by atoms with van der Waals surface area (Å²) in [5.74, 6) is 0. The number of ether oxygens (including phenoxy) is 1. The second-order valence-corrected chi connectivity index (χ2v) is 2.51. The maximum atomic E-state index is 12.5. The largest absolute Gasteiger partial charge is 0.378 e. The van der Waals surface area contributed by atoms with E-state index in [4.69, 9.17) is 10.5 Å². The molecular weight excluding hydrogens is 135 g/mol. The highest BCUT2D eigenvalue weighted by atomic mass is 19.1. The third kappa shape index (κ3) is 1.65. The maximum absolute atomic E-state index is 12.5. The van der Waals surface area contributed by atoms with Crippen LogP contribution < -0.4 is 11.1 Å². The van der Waals surface area contributed by atoms with Gasteiger partial charge in [-0.15, -0.1) is 0 Å². The second-order valence-electron chi connectivity index (χ2n) is 2.51. The predicted molar refractivity (Wildman–Crippen MR) is 36.0 cm³/mol. The summed E-state index contributed by atoms with van der Waals surface area (Å²) < 4.78 is 17.5. The molecule has 0 aliphatic carbocycles. The maximum Gasteiger partial charge on any atom is 0.152 e. The first kappa shape index (κ1) is 7.91. The summed E-state index contributed by atoms with van der Waals surface area (Å²) >= 11 is 0. The van der Waals surface area contributed by atoms with E-state index in [0.717, 1.165) is 0 Å². The van der Waals surface area contributed by atoms with Gasteiger partial charge < -0.3 is 10.5 Å². The molecule has 0 saturated carbocycles. The van der Waals surface area contributed by atoms with Gasteiger partial charge in [0.15, 0.2) is 6.30 Å². The number of nitrogens with one attached hydrogen (secondary N) is 1. The molecule has 3 nitrogen and oxygen atoms in total. The van der Waals surface area contributed by atoms with Crippen molar-refractivity contribution < 1.29 is 9.13 Å². The lowest BCUT2D eigenvalue weighted by atomic mass is 10.1. The standard InChI is InChI=1S/C6H13FN2O/c1-10-4-2-3-5(7)9-6(4)8/h4-6,9H,2-3,8H2,1H3. The lowest BCUT2D eigenvalue weighted by molar-refractivity contribution is 0.0145. The van der Waals surface area contributed by atoms with Crippen LogP contribution in [0, 0.1) is 0 Å². The van der Waals surface area contributed by atoms with Crippen LogP contribution in [-0.2, 0) is 4.74 Å². The molecule has 0 aromatic rings. The molecule has 3 atom stereocenters. The Bertz CT molecular complexity index is 112. The van der Waals surface area contributed by atoms with Gasteiger partial charge in [-0.2, -0.15) is 0 Å². The summed E-state index contributed by atoms with van der Waals surface area (Å²) in [7, 11) is 1.59. The van der Waals surface area contributed by atoms with Crippen molar-refractivity contribution in [3.63, 3.8) is 0 Å². The van der Waals surface area contributed by atoms with Crippen LogP contribution in [0.4, 0.5) is 4.39 Å². The number of hydrogen-bond donors (Lipinski definition) is 2. The number of rotatable bonds is 1. The molecule has 10 heavy (non-hydrogen) atoms. The molecule has 0 aromatic heterocycles. The van der Waals surface area contributed by atoms with Crippen molar-refractivity contribution in [2.24, 2.45) is 5.73 Å². The Labute approximate surface area is 59.7 Å². The normalized spacial score (nSPS) is 41.7. The van der Waals surface area contributed by atoms with Gasteiger partial charge in [0.2, 0.25) is 0 Å². The van der Waals surface area contributed by atoms with Crippen LogP contribution in [0.2, 0.25) is 0 Å². The highest BCUT2D eigenvalue weighted by Gasteiger charge is 2.26. The van der Waals surface area contributed by atoms with Crippen LogP contribution >= 0.6 is 0 Å². The molecule has 1 heterocycles. The van der Waals surface area contributed by atoms with E-state index in [1.165, 1.54) is 0 Å². The molecular formula is C6H13FN2O. The molecule has 60 valence electrons. The number of methoxy groups -OCH3 is 1. The van der Waals surface area contributed by atoms with Crippen LogP contribution in [0.3, 0.4) is 0 Å². The number of halogens is 1. The first-order chi connectivity index (χ1) is 4.74. The highest BCUT2D eigenvalue weighted by molar-refractivity contribution is 4.78. The van der Waals surface area contributed by atoms with Crippen molar-refractivity contribution in [3.8, 4) is 0 Å². The molecule has 4 heteroatoms. The zero-order valence-electron chi connectivity index (χ0n) is 6.01. The average molecular weight is 148 g/mol. The summed E-state index contributed by atoms with van der Waals surface area (Å²) in [5.41, 5.74) is 5.50. The van der Waals surface area contributed by atoms with Crippen molar-refractivity contribution in [1.82, 2.24) is 5.32 Å². The minimum absolute atomic E-state index is 0.0352. The van der Waals surface area contributed by atoms with Crippen molar-refractivity contribution in [1.29, 1.82) is 0 Å². The predicted octanol–water partition coefficient (Wildman–Crippen LogP) is -0.0348. The second kappa shape index (κ2) is 3.27. The van der Waals surface area contributed by atoms with E-state index in [-0.39, 0.29) is 12.3 Å². The summed E-state index contributed by atoms with van der Waals surface area (Å²) in [6, 6.07) is 0. The van der Waals surface area contributed by atoms with Crippen LogP contribution in [0.25, 0.3) is 0 Å². The third-order valence-electron chi connectivity index (χ3n) is 1.78. The fraction of sp³-hybridized carbons (Fsp3) is 1.00.